The fourth-order valence-electron chi connectivity index (χ4n) is 2.76. The van der Waals surface area contributed by atoms with Crippen molar-refractivity contribution in [1.82, 2.24) is 5.32 Å². The van der Waals surface area contributed by atoms with Gasteiger partial charge in [0.1, 0.15) is 11.4 Å². The molecule has 1 fully saturated rings. The average Bonchev–Trinajstić information content (AvgIpc) is 3.45. The number of nitrogens with zero attached hydrogens (tertiary/aromatic N) is 2. The molecule has 0 atom stereocenters. The van der Waals surface area contributed by atoms with Gasteiger partial charge < -0.3 is 15.0 Å². The van der Waals surface area contributed by atoms with Crippen molar-refractivity contribution in [3.05, 3.63) is 63.7 Å². The van der Waals surface area contributed by atoms with Gasteiger partial charge in [-0.2, -0.15) is 0 Å². The van der Waals surface area contributed by atoms with Gasteiger partial charge in [-0.25, -0.2) is 0 Å². The Morgan fingerprint density at radius 1 is 1.31 bits per heavy atom. The Labute approximate surface area is 151 Å². The van der Waals surface area contributed by atoms with Crippen LogP contribution in [-0.2, 0) is 6.54 Å². The van der Waals surface area contributed by atoms with Gasteiger partial charge in [0.05, 0.1) is 12.0 Å². The molecular weight excluding hydrogens is 334 g/mol. The van der Waals surface area contributed by atoms with E-state index in [1.165, 1.54) is 6.07 Å². The standard InChI is InChI=1S/C19H21N3O4/c1-21(12-13-4-3-5-16(10-13)26-2)17-9-6-14(11-18(17)22(24)25)19(23)20-15-7-8-15/h3-6,9-11,15H,7-8,12H2,1-2H3,(H,20,23). The zero-order valence-electron chi connectivity index (χ0n) is 14.8. The van der Waals surface area contributed by atoms with Gasteiger partial charge in [0.15, 0.2) is 0 Å². The second-order valence-electron chi connectivity index (χ2n) is 6.42. The lowest BCUT2D eigenvalue weighted by atomic mass is 10.1. The van der Waals surface area contributed by atoms with Crippen molar-refractivity contribution in [3.8, 4) is 5.75 Å². The van der Waals surface area contributed by atoms with Crippen molar-refractivity contribution >= 4 is 17.3 Å². The number of benzene rings is 2. The number of carbonyl (C=O) groups excluding carboxylic acids is 1. The van der Waals surface area contributed by atoms with E-state index in [1.807, 2.05) is 24.3 Å². The molecule has 0 radical (unpaired) electrons. The SMILES string of the molecule is COc1cccc(CN(C)c2ccc(C(=O)NC3CC3)cc2[N+](=O)[O-])c1. The van der Waals surface area contributed by atoms with E-state index < -0.39 is 4.92 Å². The van der Waals surface area contributed by atoms with E-state index in [1.54, 1.807) is 31.2 Å². The predicted octanol–water partition coefficient (Wildman–Crippen LogP) is 3.13. The van der Waals surface area contributed by atoms with Crippen molar-refractivity contribution < 1.29 is 14.5 Å². The predicted molar refractivity (Wildman–Crippen MR) is 98.7 cm³/mol. The maximum atomic E-state index is 12.2. The number of carbonyl (C=O) groups is 1. The van der Waals surface area contributed by atoms with Crippen molar-refractivity contribution in [2.45, 2.75) is 25.4 Å². The molecule has 0 spiro atoms. The summed E-state index contributed by atoms with van der Waals surface area (Å²) >= 11 is 0. The van der Waals surface area contributed by atoms with Gasteiger partial charge in [0.2, 0.25) is 0 Å². The zero-order valence-corrected chi connectivity index (χ0v) is 14.8. The van der Waals surface area contributed by atoms with Crippen LogP contribution >= 0.6 is 0 Å². The number of ether oxygens (including phenoxy) is 1. The van der Waals surface area contributed by atoms with Gasteiger partial charge in [-0.05, 0) is 42.7 Å². The second-order valence-corrected chi connectivity index (χ2v) is 6.42. The molecule has 2 aromatic carbocycles. The largest absolute Gasteiger partial charge is 0.497 e. The average molecular weight is 355 g/mol. The first-order valence-electron chi connectivity index (χ1n) is 8.41. The van der Waals surface area contributed by atoms with Gasteiger partial charge >= 0.3 is 0 Å². The molecule has 1 amide bonds. The van der Waals surface area contributed by atoms with E-state index >= 15 is 0 Å². The van der Waals surface area contributed by atoms with Crippen LogP contribution in [0.2, 0.25) is 0 Å². The van der Waals surface area contributed by atoms with E-state index in [4.69, 9.17) is 4.74 Å². The normalized spacial score (nSPS) is 13.2. The summed E-state index contributed by atoms with van der Waals surface area (Å²) in [5, 5.41) is 14.4. The Balaban J connectivity index is 1.82. The molecule has 1 aliphatic rings. The third-order valence-electron chi connectivity index (χ3n) is 4.31. The Kier molecular flexibility index (Phi) is 5.06. The second kappa shape index (κ2) is 7.43. The van der Waals surface area contributed by atoms with E-state index in [-0.39, 0.29) is 17.6 Å². The minimum Gasteiger partial charge on any atom is -0.497 e. The van der Waals surface area contributed by atoms with E-state index in [0.717, 1.165) is 24.2 Å². The number of nitro benzene ring substituents is 1. The van der Waals surface area contributed by atoms with Crippen LogP contribution in [0.5, 0.6) is 5.75 Å². The number of rotatable bonds is 7. The highest BCUT2D eigenvalue weighted by Crippen LogP contribution is 2.30. The number of methoxy groups -OCH3 is 1. The van der Waals surface area contributed by atoms with Gasteiger partial charge in [0.25, 0.3) is 11.6 Å². The minimum absolute atomic E-state index is 0.0844. The summed E-state index contributed by atoms with van der Waals surface area (Å²) in [6.45, 7) is 0.478. The fourth-order valence-corrected chi connectivity index (χ4v) is 2.76. The number of hydrogen-bond acceptors (Lipinski definition) is 5. The van der Waals surface area contributed by atoms with Crippen molar-refractivity contribution in [3.63, 3.8) is 0 Å². The van der Waals surface area contributed by atoms with Crippen LogP contribution < -0.4 is 15.0 Å². The summed E-state index contributed by atoms with van der Waals surface area (Å²) in [4.78, 5) is 25.0. The molecule has 0 aliphatic heterocycles. The van der Waals surface area contributed by atoms with E-state index in [0.29, 0.717) is 17.8 Å². The molecular formula is C19H21N3O4. The molecule has 0 saturated heterocycles. The van der Waals surface area contributed by atoms with Crippen LogP contribution in [0, 0.1) is 10.1 Å². The summed E-state index contributed by atoms with van der Waals surface area (Å²) < 4.78 is 5.21. The minimum atomic E-state index is -0.453. The molecule has 0 bridgehead atoms. The smallest absolute Gasteiger partial charge is 0.293 e. The maximum Gasteiger partial charge on any atom is 0.293 e. The molecule has 0 unspecified atom stereocenters. The Morgan fingerprint density at radius 2 is 2.08 bits per heavy atom. The highest BCUT2D eigenvalue weighted by molar-refractivity contribution is 5.96. The van der Waals surface area contributed by atoms with Gasteiger partial charge in [-0.3, -0.25) is 14.9 Å². The number of anilines is 1. The first-order chi connectivity index (χ1) is 12.5. The molecule has 1 N–H and O–H groups in total. The van der Waals surface area contributed by atoms with Crippen LogP contribution in [0.4, 0.5) is 11.4 Å². The first-order valence-corrected chi connectivity index (χ1v) is 8.41. The Morgan fingerprint density at radius 3 is 2.73 bits per heavy atom. The topological polar surface area (TPSA) is 84.7 Å². The van der Waals surface area contributed by atoms with Gasteiger partial charge in [-0.15, -0.1) is 0 Å². The molecule has 0 heterocycles. The van der Waals surface area contributed by atoms with E-state index in [9.17, 15) is 14.9 Å². The molecule has 136 valence electrons. The molecule has 1 saturated carbocycles. The summed E-state index contributed by atoms with van der Waals surface area (Å²) in [5.74, 6) is 0.468. The molecule has 0 aromatic heterocycles. The molecule has 7 heteroatoms. The maximum absolute atomic E-state index is 12.2. The number of amides is 1. The molecule has 1 aliphatic carbocycles. The van der Waals surface area contributed by atoms with Crippen LogP contribution in [-0.4, -0.2) is 31.0 Å². The van der Waals surface area contributed by atoms with Gasteiger partial charge in [0, 0.05) is 31.3 Å². The number of nitro groups is 1. The highest BCUT2D eigenvalue weighted by Gasteiger charge is 2.26. The third kappa shape index (κ3) is 4.11. The van der Waals surface area contributed by atoms with E-state index in [2.05, 4.69) is 5.32 Å². The fraction of sp³-hybridized carbons (Fsp3) is 0.316. The third-order valence-corrected chi connectivity index (χ3v) is 4.31. The molecule has 26 heavy (non-hydrogen) atoms. The Bertz CT molecular complexity index is 833. The van der Waals surface area contributed by atoms with Crippen LogP contribution in [0.25, 0.3) is 0 Å². The number of nitrogens with one attached hydrogen (secondary N) is 1. The summed E-state index contributed by atoms with van der Waals surface area (Å²) in [6.07, 6.45) is 1.93. The summed E-state index contributed by atoms with van der Waals surface area (Å²) in [7, 11) is 3.38. The monoisotopic (exact) mass is 355 g/mol. The van der Waals surface area contributed by atoms with Crippen molar-refractivity contribution in [2.24, 2.45) is 0 Å². The summed E-state index contributed by atoms with van der Waals surface area (Å²) in [5.41, 5.74) is 1.65. The molecule has 7 nitrogen and oxygen atoms in total. The molecule has 2 aromatic rings. The van der Waals surface area contributed by atoms with Crippen molar-refractivity contribution in [2.75, 3.05) is 19.1 Å². The van der Waals surface area contributed by atoms with Crippen LogP contribution in [0.3, 0.4) is 0 Å². The lowest BCUT2D eigenvalue weighted by Gasteiger charge is -2.20. The lowest BCUT2D eigenvalue weighted by Crippen LogP contribution is -2.25. The first kappa shape index (κ1) is 17.7. The van der Waals surface area contributed by atoms with Crippen LogP contribution in [0.15, 0.2) is 42.5 Å². The quantitative estimate of drug-likeness (QED) is 0.609. The number of hydrogen-bond donors (Lipinski definition) is 1. The Hall–Kier alpha value is -3.09. The summed E-state index contributed by atoms with van der Waals surface area (Å²) in [6, 6.07) is 12.3. The van der Waals surface area contributed by atoms with Crippen molar-refractivity contribution in [1.29, 1.82) is 0 Å². The highest BCUT2D eigenvalue weighted by atomic mass is 16.6. The molecule has 3 rings (SSSR count). The van der Waals surface area contributed by atoms with Gasteiger partial charge in [-0.1, -0.05) is 12.1 Å². The lowest BCUT2D eigenvalue weighted by molar-refractivity contribution is -0.384. The van der Waals surface area contributed by atoms with Crippen LogP contribution in [0.1, 0.15) is 28.8 Å². The zero-order chi connectivity index (χ0) is 18.7.